The summed E-state index contributed by atoms with van der Waals surface area (Å²) in [5, 5.41) is 1.17. The number of likely N-dealkylation sites (tertiary alicyclic amines) is 2. The molecule has 2 fully saturated rings. The van der Waals surface area contributed by atoms with Crippen molar-refractivity contribution in [2.45, 2.75) is 31.8 Å². The zero-order chi connectivity index (χ0) is 17.2. The Morgan fingerprint density at radius 3 is 2.84 bits per heavy atom. The topological polar surface area (TPSA) is 48.6 Å². The molecule has 2 saturated heterocycles. The third-order valence-corrected chi connectivity index (χ3v) is 5.62. The Bertz CT molecular complexity index is 733. The molecule has 2 aliphatic heterocycles. The van der Waals surface area contributed by atoms with Crippen molar-refractivity contribution in [3.63, 3.8) is 0 Å². The number of nitrogens with one attached hydrogen (secondary N) is 1. The number of carbonyl (C=O) groups excluding carboxylic acids is 1. The summed E-state index contributed by atoms with van der Waals surface area (Å²) < 4.78 is 6.30. The first kappa shape index (κ1) is 16.5. The maximum atomic E-state index is 11.6. The second-order valence-electron chi connectivity index (χ2n) is 7.49. The lowest BCUT2D eigenvalue weighted by Gasteiger charge is -2.37. The van der Waals surface area contributed by atoms with Crippen LogP contribution in [-0.2, 0) is 4.79 Å². The van der Waals surface area contributed by atoms with Crippen LogP contribution in [0.1, 0.15) is 25.7 Å². The molecular formula is C20H27N3O2. The van der Waals surface area contributed by atoms with Gasteiger partial charge in [-0.1, -0.05) is 6.07 Å². The van der Waals surface area contributed by atoms with Gasteiger partial charge >= 0.3 is 0 Å². The van der Waals surface area contributed by atoms with E-state index in [1.807, 2.05) is 24.2 Å². The number of nitrogens with zero attached hydrogens (tertiary/aromatic N) is 2. The highest BCUT2D eigenvalue weighted by atomic mass is 16.5. The number of ether oxygens (including phenoxy) is 1. The molecule has 5 heteroatoms. The van der Waals surface area contributed by atoms with Gasteiger partial charge in [0.15, 0.2) is 0 Å². The smallest absolute Gasteiger partial charge is 0.222 e. The zero-order valence-corrected chi connectivity index (χ0v) is 14.9. The van der Waals surface area contributed by atoms with Crippen molar-refractivity contribution in [3.05, 3.63) is 30.5 Å². The minimum absolute atomic E-state index is 0.294. The lowest BCUT2D eigenvalue weighted by molar-refractivity contribution is -0.133. The van der Waals surface area contributed by atoms with Crippen molar-refractivity contribution in [2.24, 2.45) is 5.92 Å². The summed E-state index contributed by atoms with van der Waals surface area (Å²) in [5.74, 6) is 1.90. The predicted octanol–water partition coefficient (Wildman–Crippen LogP) is 2.88. The molecule has 0 saturated carbocycles. The number of hydrogen-bond acceptors (Lipinski definition) is 3. The molecule has 1 aromatic heterocycles. The number of benzene rings is 1. The monoisotopic (exact) mass is 341 g/mol. The molecule has 1 aromatic carbocycles. The number of aromatic amines is 1. The molecule has 25 heavy (non-hydrogen) atoms. The molecule has 1 amide bonds. The third-order valence-electron chi connectivity index (χ3n) is 5.62. The second kappa shape index (κ2) is 7.08. The van der Waals surface area contributed by atoms with Crippen molar-refractivity contribution in [1.82, 2.24) is 14.8 Å². The molecule has 1 atom stereocenters. The first-order chi connectivity index (χ1) is 12.2. The van der Waals surface area contributed by atoms with Crippen molar-refractivity contribution in [1.29, 1.82) is 0 Å². The van der Waals surface area contributed by atoms with Gasteiger partial charge < -0.3 is 19.5 Å². The van der Waals surface area contributed by atoms with E-state index in [-0.39, 0.29) is 0 Å². The molecule has 2 aromatic rings. The van der Waals surface area contributed by atoms with Crippen LogP contribution in [0.25, 0.3) is 10.9 Å². The average Bonchev–Trinajstić information content (AvgIpc) is 3.10. The maximum Gasteiger partial charge on any atom is 0.222 e. The molecule has 1 unspecified atom stereocenters. The number of fused-ring (bicyclic) bond motifs is 1. The van der Waals surface area contributed by atoms with Gasteiger partial charge in [-0.3, -0.25) is 4.79 Å². The van der Waals surface area contributed by atoms with E-state index in [9.17, 15) is 4.79 Å². The van der Waals surface area contributed by atoms with Crippen LogP contribution in [-0.4, -0.2) is 60.0 Å². The molecule has 3 heterocycles. The van der Waals surface area contributed by atoms with E-state index in [0.29, 0.717) is 24.3 Å². The van der Waals surface area contributed by atoms with Gasteiger partial charge in [-0.25, -0.2) is 0 Å². The van der Waals surface area contributed by atoms with Crippen molar-refractivity contribution < 1.29 is 9.53 Å². The minimum atomic E-state index is 0.294. The highest BCUT2D eigenvalue weighted by Crippen LogP contribution is 2.28. The Morgan fingerprint density at radius 1 is 1.20 bits per heavy atom. The summed E-state index contributed by atoms with van der Waals surface area (Å²) in [6, 6.07) is 8.28. The standard InChI is InChI=1S/C20H27N3O2/c1-22-13-15(5-6-20(22)24)14-23-11-8-16(9-12-23)25-19-4-2-3-18-17(19)7-10-21-18/h2-4,7,10,15-16,21H,5-6,8-9,11-14H2,1H3. The number of aromatic nitrogens is 1. The quantitative estimate of drug-likeness (QED) is 0.930. The Kier molecular flexibility index (Phi) is 4.66. The van der Waals surface area contributed by atoms with Gasteiger partial charge in [0.2, 0.25) is 5.91 Å². The van der Waals surface area contributed by atoms with E-state index in [1.54, 1.807) is 0 Å². The Balaban J connectivity index is 1.28. The van der Waals surface area contributed by atoms with Crippen LogP contribution in [0.15, 0.2) is 30.5 Å². The molecule has 1 N–H and O–H groups in total. The Morgan fingerprint density at radius 2 is 2.04 bits per heavy atom. The number of piperidine rings is 2. The fraction of sp³-hybridized carbons (Fsp3) is 0.550. The van der Waals surface area contributed by atoms with Gasteiger partial charge in [0, 0.05) is 56.7 Å². The van der Waals surface area contributed by atoms with Crippen LogP contribution < -0.4 is 4.74 Å². The molecule has 4 rings (SSSR count). The first-order valence-electron chi connectivity index (χ1n) is 9.38. The van der Waals surface area contributed by atoms with Crippen LogP contribution in [0.5, 0.6) is 5.75 Å². The zero-order valence-electron chi connectivity index (χ0n) is 14.9. The van der Waals surface area contributed by atoms with E-state index in [1.165, 1.54) is 5.39 Å². The third kappa shape index (κ3) is 3.66. The summed E-state index contributed by atoms with van der Waals surface area (Å²) in [6.07, 6.45) is 6.15. The van der Waals surface area contributed by atoms with Crippen LogP contribution in [0.2, 0.25) is 0 Å². The van der Waals surface area contributed by atoms with Crippen molar-refractivity contribution in [3.8, 4) is 5.75 Å². The summed E-state index contributed by atoms with van der Waals surface area (Å²) in [5.41, 5.74) is 1.13. The number of hydrogen-bond donors (Lipinski definition) is 1. The van der Waals surface area contributed by atoms with Gasteiger partial charge in [-0.15, -0.1) is 0 Å². The van der Waals surface area contributed by atoms with Gasteiger partial charge in [0.1, 0.15) is 11.9 Å². The first-order valence-corrected chi connectivity index (χ1v) is 9.38. The van der Waals surface area contributed by atoms with Crippen LogP contribution in [0.4, 0.5) is 0 Å². The lowest BCUT2D eigenvalue weighted by Crippen LogP contribution is -2.45. The molecular weight excluding hydrogens is 314 g/mol. The van der Waals surface area contributed by atoms with Crippen molar-refractivity contribution >= 4 is 16.8 Å². The van der Waals surface area contributed by atoms with Gasteiger partial charge in [-0.2, -0.15) is 0 Å². The average molecular weight is 341 g/mol. The molecule has 0 spiro atoms. The Labute approximate surface area is 148 Å². The maximum absolute atomic E-state index is 11.6. The van der Waals surface area contributed by atoms with Gasteiger partial charge in [0.05, 0.1) is 0 Å². The Hall–Kier alpha value is -2.01. The summed E-state index contributed by atoms with van der Waals surface area (Å²) in [7, 11) is 1.93. The molecule has 134 valence electrons. The van der Waals surface area contributed by atoms with Gasteiger partial charge in [0.25, 0.3) is 0 Å². The van der Waals surface area contributed by atoms with E-state index >= 15 is 0 Å². The lowest BCUT2D eigenvalue weighted by atomic mass is 9.96. The predicted molar refractivity (Wildman–Crippen MR) is 98.7 cm³/mol. The number of rotatable bonds is 4. The van der Waals surface area contributed by atoms with Gasteiger partial charge in [-0.05, 0) is 43.4 Å². The fourth-order valence-corrected chi connectivity index (χ4v) is 4.16. The molecule has 0 bridgehead atoms. The second-order valence-corrected chi connectivity index (χ2v) is 7.49. The SMILES string of the molecule is CN1CC(CN2CCC(Oc3cccc4[nH]ccc34)CC2)CCC1=O. The van der Waals surface area contributed by atoms with Crippen molar-refractivity contribution in [2.75, 3.05) is 33.2 Å². The summed E-state index contributed by atoms with van der Waals surface area (Å²) in [6.45, 7) is 4.19. The van der Waals surface area contributed by atoms with Crippen LogP contribution in [0, 0.1) is 5.92 Å². The number of amides is 1. The normalized spacial score (nSPS) is 23.3. The molecule has 2 aliphatic rings. The largest absolute Gasteiger partial charge is 0.490 e. The van der Waals surface area contributed by atoms with E-state index in [2.05, 4.69) is 28.1 Å². The minimum Gasteiger partial charge on any atom is -0.490 e. The molecule has 0 aliphatic carbocycles. The highest BCUT2D eigenvalue weighted by Gasteiger charge is 2.27. The number of H-pyrrole nitrogens is 1. The van der Waals surface area contributed by atoms with E-state index < -0.39 is 0 Å². The molecule has 0 radical (unpaired) electrons. The van der Waals surface area contributed by atoms with Crippen LogP contribution >= 0.6 is 0 Å². The fourth-order valence-electron chi connectivity index (χ4n) is 4.16. The molecule has 5 nitrogen and oxygen atoms in total. The van der Waals surface area contributed by atoms with Crippen LogP contribution in [0.3, 0.4) is 0 Å². The van der Waals surface area contributed by atoms with E-state index in [4.69, 9.17) is 4.74 Å². The summed E-state index contributed by atoms with van der Waals surface area (Å²) >= 11 is 0. The highest BCUT2D eigenvalue weighted by molar-refractivity contribution is 5.85. The summed E-state index contributed by atoms with van der Waals surface area (Å²) in [4.78, 5) is 19.3. The number of carbonyl (C=O) groups is 1. The van der Waals surface area contributed by atoms with E-state index in [0.717, 1.165) is 56.7 Å².